The molecular weight excluding hydrogens is 164 g/mol. The van der Waals surface area contributed by atoms with Gasteiger partial charge in [-0.2, -0.15) is 0 Å². The van der Waals surface area contributed by atoms with Crippen molar-refractivity contribution in [1.29, 1.82) is 0 Å². The lowest BCUT2D eigenvalue weighted by molar-refractivity contribution is 1.88. The van der Waals surface area contributed by atoms with E-state index in [1.807, 2.05) is 11.2 Å². The second kappa shape index (κ2) is 3.74. The zero-order chi connectivity index (χ0) is 7.49. The van der Waals surface area contributed by atoms with Crippen LogP contribution in [0, 0.1) is 0 Å². The maximum absolute atomic E-state index is 3.92. The number of rotatable bonds is 3. The van der Waals surface area contributed by atoms with E-state index in [0.29, 0.717) is 0 Å². The second-order valence-electron chi connectivity index (χ2n) is 2.79. The van der Waals surface area contributed by atoms with Crippen LogP contribution in [0.15, 0.2) is 10.8 Å². The van der Waals surface area contributed by atoms with E-state index in [1.54, 1.807) is 11.8 Å². The highest BCUT2D eigenvalue weighted by Gasteiger charge is 2.14. The Morgan fingerprint density at radius 1 is 1.33 bits per heavy atom. The summed E-state index contributed by atoms with van der Waals surface area (Å²) in [5.41, 5.74) is 0. The predicted molar refractivity (Wildman–Crippen MR) is 53.6 cm³/mol. The first-order chi connectivity index (χ1) is 3.95. The van der Waals surface area contributed by atoms with Gasteiger partial charge < -0.3 is 0 Å². The van der Waals surface area contributed by atoms with E-state index in [2.05, 4.69) is 32.5 Å². The Morgan fingerprint density at radius 3 is 1.89 bits per heavy atom. The highest BCUT2D eigenvalue weighted by molar-refractivity contribution is 8.39. The standard InChI is InChI=1S/C6H14S2Si/c1-6(7-2)8-9(3,4)5/h1H2,2-5H3. The van der Waals surface area contributed by atoms with Crippen molar-refractivity contribution in [3.05, 3.63) is 10.8 Å². The quantitative estimate of drug-likeness (QED) is 0.608. The summed E-state index contributed by atoms with van der Waals surface area (Å²) in [5.74, 6) is 0. The third-order valence-electron chi connectivity index (χ3n) is 0.648. The molecule has 0 aliphatic rings. The van der Waals surface area contributed by atoms with Crippen molar-refractivity contribution >= 4 is 30.2 Å². The van der Waals surface area contributed by atoms with Crippen LogP contribution in [0.4, 0.5) is 0 Å². The highest BCUT2D eigenvalue weighted by Crippen LogP contribution is 2.32. The molecule has 0 saturated carbocycles. The van der Waals surface area contributed by atoms with E-state index in [1.165, 1.54) is 4.24 Å². The van der Waals surface area contributed by atoms with E-state index >= 15 is 0 Å². The molecule has 0 saturated heterocycles. The van der Waals surface area contributed by atoms with Crippen LogP contribution >= 0.6 is 23.0 Å². The fraction of sp³-hybridized carbons (Fsp3) is 0.667. The van der Waals surface area contributed by atoms with Crippen molar-refractivity contribution in [1.82, 2.24) is 0 Å². The minimum absolute atomic E-state index is 0.945. The van der Waals surface area contributed by atoms with Gasteiger partial charge in [-0.15, -0.1) is 23.0 Å². The summed E-state index contributed by atoms with van der Waals surface area (Å²) < 4.78 is 1.26. The maximum atomic E-state index is 3.92. The zero-order valence-corrected chi connectivity index (χ0v) is 9.16. The first-order valence-electron chi connectivity index (χ1n) is 2.87. The van der Waals surface area contributed by atoms with Crippen molar-refractivity contribution in [2.45, 2.75) is 19.6 Å². The molecule has 0 aromatic carbocycles. The lowest BCUT2D eigenvalue weighted by atomic mass is 11.3. The summed E-state index contributed by atoms with van der Waals surface area (Å²) in [7, 11) is -0.945. The summed E-state index contributed by atoms with van der Waals surface area (Å²) in [6.45, 7) is 10.9. The van der Waals surface area contributed by atoms with Crippen LogP contribution in [0.5, 0.6) is 0 Å². The Balaban J connectivity index is 3.60. The van der Waals surface area contributed by atoms with Crippen LogP contribution < -0.4 is 0 Å². The number of hydrogen-bond acceptors (Lipinski definition) is 2. The molecule has 9 heavy (non-hydrogen) atoms. The Kier molecular flexibility index (Phi) is 4.01. The summed E-state index contributed by atoms with van der Waals surface area (Å²) in [6.07, 6.45) is 2.08. The summed E-state index contributed by atoms with van der Waals surface area (Å²) in [5, 5.41) is 0. The molecule has 0 unspecified atom stereocenters. The molecule has 0 aliphatic carbocycles. The fourth-order valence-corrected chi connectivity index (χ4v) is 6.45. The lowest BCUT2D eigenvalue weighted by Gasteiger charge is -2.14. The minimum atomic E-state index is -0.945. The first kappa shape index (κ1) is 9.66. The monoisotopic (exact) mass is 178 g/mol. The Bertz CT molecular complexity index is 104. The van der Waals surface area contributed by atoms with Gasteiger partial charge >= 0.3 is 0 Å². The predicted octanol–water partition coefficient (Wildman–Crippen LogP) is 3.39. The van der Waals surface area contributed by atoms with Gasteiger partial charge in [0.1, 0.15) is 7.22 Å². The summed E-state index contributed by atoms with van der Waals surface area (Å²) in [4.78, 5) is 0. The van der Waals surface area contributed by atoms with Gasteiger partial charge in [0.15, 0.2) is 0 Å². The molecule has 0 rings (SSSR count). The van der Waals surface area contributed by atoms with E-state index in [-0.39, 0.29) is 0 Å². The molecule has 0 atom stereocenters. The molecule has 0 spiro atoms. The molecule has 3 heteroatoms. The molecule has 0 radical (unpaired) electrons. The van der Waals surface area contributed by atoms with E-state index in [4.69, 9.17) is 0 Å². The van der Waals surface area contributed by atoms with Crippen molar-refractivity contribution in [3.8, 4) is 0 Å². The van der Waals surface area contributed by atoms with Crippen molar-refractivity contribution < 1.29 is 0 Å². The van der Waals surface area contributed by atoms with Gasteiger partial charge in [-0.3, -0.25) is 0 Å². The first-order valence-corrected chi connectivity index (χ1v) is 9.14. The van der Waals surface area contributed by atoms with Crippen molar-refractivity contribution in [2.24, 2.45) is 0 Å². The van der Waals surface area contributed by atoms with E-state index in [9.17, 15) is 0 Å². The van der Waals surface area contributed by atoms with Crippen LogP contribution in [0.3, 0.4) is 0 Å². The van der Waals surface area contributed by atoms with Crippen LogP contribution in [0.1, 0.15) is 0 Å². The maximum Gasteiger partial charge on any atom is 0.115 e. The number of thioether (sulfide) groups is 1. The third kappa shape index (κ3) is 6.54. The molecule has 0 nitrogen and oxygen atoms in total. The van der Waals surface area contributed by atoms with Crippen LogP contribution in [-0.4, -0.2) is 13.5 Å². The third-order valence-corrected chi connectivity index (χ3v) is 5.71. The van der Waals surface area contributed by atoms with E-state index < -0.39 is 7.22 Å². The van der Waals surface area contributed by atoms with Gasteiger partial charge in [0, 0.05) is 4.24 Å². The SMILES string of the molecule is C=C(SC)S[Si](C)(C)C. The van der Waals surface area contributed by atoms with Crippen LogP contribution in [0.2, 0.25) is 19.6 Å². The topological polar surface area (TPSA) is 0 Å². The summed E-state index contributed by atoms with van der Waals surface area (Å²) >= 11 is 3.72. The van der Waals surface area contributed by atoms with Gasteiger partial charge in [-0.05, 0) is 6.26 Å². The molecule has 0 aromatic rings. The molecule has 0 aromatic heterocycles. The van der Waals surface area contributed by atoms with Gasteiger partial charge in [0.25, 0.3) is 0 Å². The zero-order valence-electron chi connectivity index (χ0n) is 6.52. The average Bonchev–Trinajstić information content (AvgIpc) is 1.62. The normalized spacial score (nSPS) is 11.6. The smallest absolute Gasteiger partial charge is 0.115 e. The molecule has 0 amide bonds. The Morgan fingerprint density at radius 2 is 1.78 bits per heavy atom. The van der Waals surface area contributed by atoms with Gasteiger partial charge in [0.2, 0.25) is 0 Å². The molecule has 0 heterocycles. The largest absolute Gasteiger partial charge is 0.146 e. The Labute approximate surface area is 67.1 Å². The fourth-order valence-electron chi connectivity index (χ4n) is 0.383. The van der Waals surface area contributed by atoms with Gasteiger partial charge in [0.05, 0.1) is 0 Å². The second-order valence-corrected chi connectivity index (χ2v) is 13.2. The van der Waals surface area contributed by atoms with Gasteiger partial charge in [-0.1, -0.05) is 26.2 Å². The van der Waals surface area contributed by atoms with Crippen molar-refractivity contribution in [2.75, 3.05) is 6.26 Å². The lowest BCUT2D eigenvalue weighted by Crippen LogP contribution is -2.12. The molecule has 0 bridgehead atoms. The van der Waals surface area contributed by atoms with Crippen molar-refractivity contribution in [3.63, 3.8) is 0 Å². The molecule has 0 N–H and O–H groups in total. The van der Waals surface area contributed by atoms with Gasteiger partial charge in [-0.25, -0.2) is 0 Å². The van der Waals surface area contributed by atoms with Crippen LogP contribution in [-0.2, 0) is 0 Å². The Hall–Kier alpha value is 0.657. The molecule has 0 aliphatic heterocycles. The molecule has 0 fully saturated rings. The number of hydrogen-bond donors (Lipinski definition) is 0. The average molecular weight is 178 g/mol. The molecular formula is C6H14S2Si. The molecule has 54 valence electrons. The summed E-state index contributed by atoms with van der Waals surface area (Å²) in [6, 6.07) is 0. The van der Waals surface area contributed by atoms with Crippen LogP contribution in [0.25, 0.3) is 0 Å². The van der Waals surface area contributed by atoms with E-state index in [0.717, 1.165) is 0 Å². The highest BCUT2D eigenvalue weighted by atomic mass is 32.4. The minimum Gasteiger partial charge on any atom is -0.146 e.